The molecule has 3 aromatic rings. The van der Waals surface area contributed by atoms with E-state index in [2.05, 4.69) is 28.5 Å². The van der Waals surface area contributed by atoms with Crippen LogP contribution in [0.4, 0.5) is 5.69 Å². The highest BCUT2D eigenvalue weighted by Gasteiger charge is 2.24. The van der Waals surface area contributed by atoms with Crippen LogP contribution in [0.15, 0.2) is 70.6 Å². The molecule has 1 heterocycles. The lowest BCUT2D eigenvalue weighted by Gasteiger charge is -2.04. The van der Waals surface area contributed by atoms with Crippen LogP contribution in [0.25, 0.3) is 16.8 Å². The van der Waals surface area contributed by atoms with E-state index in [1.807, 2.05) is 62.4 Å². The molecular formula is C22H18N2OS. The summed E-state index contributed by atoms with van der Waals surface area (Å²) in [4.78, 5) is 17.7. The van der Waals surface area contributed by atoms with E-state index < -0.39 is 0 Å². The van der Waals surface area contributed by atoms with E-state index in [0.29, 0.717) is 10.1 Å². The van der Waals surface area contributed by atoms with Gasteiger partial charge in [-0.3, -0.25) is 4.79 Å². The van der Waals surface area contributed by atoms with Crippen LogP contribution in [0.5, 0.6) is 0 Å². The largest absolute Gasteiger partial charge is 0.300 e. The Kier molecular flexibility index (Phi) is 4.35. The number of carbonyl (C=O) groups is 1. The molecule has 1 aliphatic rings. The zero-order chi connectivity index (χ0) is 18.1. The zero-order valence-corrected chi connectivity index (χ0v) is 15.4. The van der Waals surface area contributed by atoms with Crippen molar-refractivity contribution in [1.82, 2.24) is 5.32 Å². The molecular weight excluding hydrogens is 340 g/mol. The van der Waals surface area contributed by atoms with Gasteiger partial charge in [-0.15, -0.1) is 0 Å². The molecule has 0 bridgehead atoms. The predicted octanol–water partition coefficient (Wildman–Crippen LogP) is 5.35. The molecule has 0 spiro atoms. The number of fused-ring (bicyclic) bond motifs is 1. The van der Waals surface area contributed by atoms with E-state index in [0.717, 1.165) is 33.2 Å². The lowest BCUT2D eigenvalue weighted by Crippen LogP contribution is -2.19. The molecule has 128 valence electrons. The second kappa shape index (κ2) is 6.81. The van der Waals surface area contributed by atoms with Crippen molar-refractivity contribution in [3.05, 3.63) is 82.3 Å². The van der Waals surface area contributed by atoms with Gasteiger partial charge in [0.05, 0.1) is 10.6 Å². The third-order valence-corrected chi connectivity index (χ3v) is 5.32. The number of amidine groups is 1. The van der Waals surface area contributed by atoms with Gasteiger partial charge in [0.2, 0.25) is 0 Å². The minimum Gasteiger partial charge on any atom is -0.300 e. The maximum Gasteiger partial charge on any atom is 0.264 e. The molecule has 0 radical (unpaired) electrons. The van der Waals surface area contributed by atoms with E-state index >= 15 is 0 Å². The summed E-state index contributed by atoms with van der Waals surface area (Å²) in [6, 6.07) is 20.4. The fourth-order valence-corrected chi connectivity index (χ4v) is 3.90. The first kappa shape index (κ1) is 16.6. The summed E-state index contributed by atoms with van der Waals surface area (Å²) in [6.07, 6.45) is 1.94. The first-order valence-corrected chi connectivity index (χ1v) is 9.27. The molecule has 0 aromatic heterocycles. The smallest absolute Gasteiger partial charge is 0.264 e. The lowest BCUT2D eigenvalue weighted by atomic mass is 10.0. The lowest BCUT2D eigenvalue weighted by molar-refractivity contribution is -0.115. The summed E-state index contributed by atoms with van der Waals surface area (Å²) in [6.45, 7) is 4.06. The average Bonchev–Trinajstić information content (AvgIpc) is 2.98. The average molecular weight is 358 g/mol. The van der Waals surface area contributed by atoms with Crippen LogP contribution in [0.2, 0.25) is 0 Å². The molecule has 3 aromatic carbocycles. The van der Waals surface area contributed by atoms with Crippen molar-refractivity contribution in [3.63, 3.8) is 0 Å². The summed E-state index contributed by atoms with van der Waals surface area (Å²) < 4.78 is 0. The van der Waals surface area contributed by atoms with Gasteiger partial charge >= 0.3 is 0 Å². The first-order chi connectivity index (χ1) is 12.6. The Balaban J connectivity index is 1.70. The number of para-hydroxylation sites is 1. The Morgan fingerprint density at radius 3 is 2.42 bits per heavy atom. The molecule has 1 N–H and O–H groups in total. The van der Waals surface area contributed by atoms with Gasteiger partial charge < -0.3 is 5.32 Å². The van der Waals surface area contributed by atoms with Crippen molar-refractivity contribution in [2.75, 3.05) is 0 Å². The topological polar surface area (TPSA) is 41.5 Å². The van der Waals surface area contributed by atoms with E-state index in [1.165, 1.54) is 11.8 Å². The highest BCUT2D eigenvalue weighted by Crippen LogP contribution is 2.31. The molecule has 1 amide bonds. The summed E-state index contributed by atoms with van der Waals surface area (Å²) in [5, 5.41) is 5.80. The fourth-order valence-electron chi connectivity index (χ4n) is 3.08. The van der Waals surface area contributed by atoms with Crippen LogP contribution in [0.1, 0.15) is 16.7 Å². The summed E-state index contributed by atoms with van der Waals surface area (Å²) in [7, 11) is 0. The molecule has 26 heavy (non-hydrogen) atoms. The van der Waals surface area contributed by atoms with Crippen molar-refractivity contribution in [1.29, 1.82) is 0 Å². The van der Waals surface area contributed by atoms with Gasteiger partial charge in [-0.05, 0) is 59.1 Å². The number of amides is 1. The van der Waals surface area contributed by atoms with Crippen molar-refractivity contribution < 1.29 is 4.79 Å². The van der Waals surface area contributed by atoms with Crippen molar-refractivity contribution >= 4 is 45.4 Å². The molecule has 1 fully saturated rings. The van der Waals surface area contributed by atoms with Crippen LogP contribution in [0.3, 0.4) is 0 Å². The molecule has 4 rings (SSSR count). The SMILES string of the molecule is Cc1cccc(C)c1N=C1NC(=O)C(=Cc2cccc3ccccc23)S1. The number of carbonyl (C=O) groups excluding carboxylic acids is 1. The molecule has 1 saturated heterocycles. The molecule has 0 unspecified atom stereocenters. The van der Waals surface area contributed by atoms with Crippen molar-refractivity contribution in [3.8, 4) is 0 Å². The molecule has 0 aliphatic carbocycles. The fraction of sp³-hybridized carbons (Fsp3) is 0.0909. The summed E-state index contributed by atoms with van der Waals surface area (Å²) in [5.74, 6) is -0.104. The maximum absolute atomic E-state index is 12.4. The molecule has 4 heteroatoms. The number of nitrogens with one attached hydrogen (secondary N) is 1. The van der Waals surface area contributed by atoms with E-state index in [1.54, 1.807) is 0 Å². The van der Waals surface area contributed by atoms with Gasteiger partial charge in [-0.25, -0.2) is 4.99 Å². The Morgan fingerprint density at radius 1 is 0.923 bits per heavy atom. The highest BCUT2D eigenvalue weighted by atomic mass is 32.2. The second-order valence-corrected chi connectivity index (χ2v) is 7.32. The number of nitrogens with zero attached hydrogens (tertiary/aromatic N) is 1. The Morgan fingerprint density at radius 2 is 1.62 bits per heavy atom. The summed E-state index contributed by atoms with van der Waals surface area (Å²) >= 11 is 1.38. The Hall–Kier alpha value is -2.85. The molecule has 0 saturated carbocycles. The van der Waals surface area contributed by atoms with Crippen LogP contribution in [0, 0.1) is 13.8 Å². The number of aryl methyl sites for hydroxylation is 2. The van der Waals surface area contributed by atoms with E-state index in [4.69, 9.17) is 0 Å². The number of benzene rings is 3. The minimum absolute atomic E-state index is 0.104. The second-order valence-electron chi connectivity index (χ2n) is 6.29. The van der Waals surface area contributed by atoms with Gasteiger partial charge in [0.25, 0.3) is 5.91 Å². The summed E-state index contributed by atoms with van der Waals surface area (Å²) in [5.41, 5.74) is 4.15. The van der Waals surface area contributed by atoms with Crippen LogP contribution in [-0.2, 0) is 4.79 Å². The number of hydrogen-bond acceptors (Lipinski definition) is 3. The number of thioether (sulfide) groups is 1. The maximum atomic E-state index is 12.4. The van der Waals surface area contributed by atoms with E-state index in [-0.39, 0.29) is 5.91 Å². The zero-order valence-electron chi connectivity index (χ0n) is 14.6. The third kappa shape index (κ3) is 3.16. The molecule has 0 atom stereocenters. The standard InChI is InChI=1S/C22H18N2OS/c1-14-7-5-8-15(2)20(14)23-22-24-21(25)19(26-22)13-17-11-6-10-16-9-3-4-12-18(16)17/h3-13H,1-2H3,(H,23,24,25). The Labute approximate surface area is 156 Å². The quantitative estimate of drug-likeness (QED) is 0.628. The highest BCUT2D eigenvalue weighted by molar-refractivity contribution is 8.18. The van der Waals surface area contributed by atoms with Crippen molar-refractivity contribution in [2.45, 2.75) is 13.8 Å². The van der Waals surface area contributed by atoms with Gasteiger partial charge in [0.1, 0.15) is 0 Å². The van der Waals surface area contributed by atoms with Gasteiger partial charge in [-0.1, -0.05) is 60.7 Å². The molecule has 1 aliphatic heterocycles. The van der Waals surface area contributed by atoms with Crippen molar-refractivity contribution in [2.24, 2.45) is 4.99 Å². The van der Waals surface area contributed by atoms with E-state index in [9.17, 15) is 4.79 Å². The van der Waals surface area contributed by atoms with Crippen LogP contribution < -0.4 is 5.32 Å². The first-order valence-electron chi connectivity index (χ1n) is 8.45. The number of hydrogen-bond donors (Lipinski definition) is 1. The number of aliphatic imine (C=N–C) groups is 1. The monoisotopic (exact) mass is 358 g/mol. The predicted molar refractivity (Wildman–Crippen MR) is 111 cm³/mol. The Bertz CT molecular complexity index is 1060. The minimum atomic E-state index is -0.104. The van der Waals surface area contributed by atoms with Crippen LogP contribution in [-0.4, -0.2) is 11.1 Å². The van der Waals surface area contributed by atoms with Gasteiger partial charge in [-0.2, -0.15) is 0 Å². The van der Waals surface area contributed by atoms with Gasteiger partial charge in [0.15, 0.2) is 5.17 Å². The normalized spacial score (nSPS) is 17.2. The van der Waals surface area contributed by atoms with Crippen LogP contribution >= 0.6 is 11.8 Å². The molecule has 3 nitrogen and oxygen atoms in total. The number of rotatable bonds is 2. The van der Waals surface area contributed by atoms with Gasteiger partial charge in [0, 0.05) is 0 Å². The third-order valence-electron chi connectivity index (χ3n) is 4.41.